The summed E-state index contributed by atoms with van der Waals surface area (Å²) in [5, 5.41) is 30.5. The van der Waals surface area contributed by atoms with Gasteiger partial charge in [0.15, 0.2) is 0 Å². The van der Waals surface area contributed by atoms with Crippen molar-refractivity contribution < 1.29 is 20.1 Å². The maximum absolute atomic E-state index is 11.2. The average molecular weight is 393 g/mol. The van der Waals surface area contributed by atoms with Gasteiger partial charge in [-0.2, -0.15) is 0 Å². The first kappa shape index (κ1) is 20.7. The molecule has 10 atom stereocenters. The van der Waals surface area contributed by atoms with Crippen LogP contribution in [0.5, 0.6) is 0 Å². The lowest BCUT2D eigenvalue weighted by atomic mass is 9.43. The molecule has 0 heterocycles. The highest BCUT2D eigenvalue weighted by atomic mass is 16.4. The summed E-state index contributed by atoms with van der Waals surface area (Å²) < 4.78 is 0. The standard InChI is InChI=1S/C24H40O4/c1-14(4-7-21(27)28)17-5-6-18-22-19(9-11-24(17,18)3)23(2)10-8-16(25)12-15(23)13-20(22)26/h14-20,22,25-26H,4-13H2,1-3H3,(H,27,28)/t14?,15-,16+,17?,18-,19-,20+,22-,23-,24+/m0/s1. The lowest BCUT2D eigenvalue weighted by molar-refractivity contribution is -0.174. The fourth-order valence-corrected chi connectivity index (χ4v) is 8.73. The smallest absolute Gasteiger partial charge is 0.303 e. The molecule has 4 aliphatic rings. The number of hydrogen-bond donors (Lipinski definition) is 3. The second-order valence-corrected chi connectivity index (χ2v) is 11.4. The SMILES string of the molecule is CC(CCC(=O)O)C1CC[C@H]2[C@@H]3[C@H](O)C[C@@H]4C[C@H](O)CC[C@]4(C)[C@H]3CC[C@]12C. The molecule has 0 spiro atoms. The summed E-state index contributed by atoms with van der Waals surface area (Å²) in [5.41, 5.74) is 0.523. The van der Waals surface area contributed by atoms with E-state index in [2.05, 4.69) is 20.8 Å². The Morgan fingerprint density at radius 2 is 1.68 bits per heavy atom. The van der Waals surface area contributed by atoms with Crippen molar-refractivity contribution in [2.24, 2.45) is 46.3 Å². The van der Waals surface area contributed by atoms with Gasteiger partial charge in [0.25, 0.3) is 0 Å². The molecular formula is C24H40O4. The van der Waals surface area contributed by atoms with Crippen LogP contribution in [0.1, 0.15) is 85.0 Å². The summed E-state index contributed by atoms with van der Waals surface area (Å²) in [5.74, 6) is 2.36. The third kappa shape index (κ3) is 3.14. The van der Waals surface area contributed by atoms with E-state index < -0.39 is 5.97 Å². The Labute approximate surface area is 170 Å². The van der Waals surface area contributed by atoms with E-state index in [4.69, 9.17) is 5.11 Å². The fourth-order valence-electron chi connectivity index (χ4n) is 8.73. The Bertz CT molecular complexity index is 605. The highest BCUT2D eigenvalue weighted by molar-refractivity contribution is 5.66. The van der Waals surface area contributed by atoms with E-state index in [9.17, 15) is 15.0 Å². The van der Waals surface area contributed by atoms with Crippen LogP contribution in [0, 0.1) is 46.3 Å². The normalized spacial score (nSPS) is 51.7. The second-order valence-electron chi connectivity index (χ2n) is 11.4. The van der Waals surface area contributed by atoms with Crippen LogP contribution in [0.3, 0.4) is 0 Å². The van der Waals surface area contributed by atoms with Crippen LogP contribution in [-0.2, 0) is 4.79 Å². The van der Waals surface area contributed by atoms with Gasteiger partial charge in [-0.25, -0.2) is 0 Å². The fraction of sp³-hybridized carbons (Fsp3) is 0.958. The van der Waals surface area contributed by atoms with Crippen molar-refractivity contribution in [2.75, 3.05) is 0 Å². The topological polar surface area (TPSA) is 77.8 Å². The van der Waals surface area contributed by atoms with Crippen molar-refractivity contribution in [2.45, 2.75) is 97.2 Å². The Kier molecular flexibility index (Phi) is 5.36. The molecule has 4 fully saturated rings. The molecule has 0 aromatic heterocycles. The summed E-state index contributed by atoms with van der Waals surface area (Å²) in [7, 11) is 0. The minimum Gasteiger partial charge on any atom is -0.481 e. The Morgan fingerprint density at radius 3 is 2.39 bits per heavy atom. The number of aliphatic hydroxyl groups is 2. The van der Waals surface area contributed by atoms with Crippen LogP contribution in [0.4, 0.5) is 0 Å². The third-order valence-corrected chi connectivity index (χ3v) is 10.2. The molecule has 4 rings (SSSR count). The van der Waals surface area contributed by atoms with Gasteiger partial charge in [0.2, 0.25) is 0 Å². The van der Waals surface area contributed by atoms with E-state index in [-0.39, 0.29) is 29.5 Å². The van der Waals surface area contributed by atoms with Gasteiger partial charge in [0, 0.05) is 6.42 Å². The van der Waals surface area contributed by atoms with Crippen molar-refractivity contribution >= 4 is 5.97 Å². The minimum atomic E-state index is -0.684. The summed E-state index contributed by atoms with van der Waals surface area (Å²) in [6.45, 7) is 7.16. The molecule has 0 saturated heterocycles. The first-order valence-corrected chi connectivity index (χ1v) is 11.7. The van der Waals surface area contributed by atoms with Crippen LogP contribution < -0.4 is 0 Å². The average Bonchev–Trinajstić information content (AvgIpc) is 2.98. The number of hydrogen-bond acceptors (Lipinski definition) is 3. The highest BCUT2D eigenvalue weighted by Crippen LogP contribution is 2.68. The molecule has 0 aliphatic heterocycles. The number of rotatable bonds is 4. The van der Waals surface area contributed by atoms with Crippen molar-refractivity contribution in [3.63, 3.8) is 0 Å². The van der Waals surface area contributed by atoms with Crippen LogP contribution >= 0.6 is 0 Å². The molecular weight excluding hydrogens is 352 g/mol. The van der Waals surface area contributed by atoms with Gasteiger partial charge in [-0.15, -0.1) is 0 Å². The van der Waals surface area contributed by atoms with Crippen LogP contribution in [0.15, 0.2) is 0 Å². The van der Waals surface area contributed by atoms with Gasteiger partial charge in [-0.3, -0.25) is 4.79 Å². The molecule has 0 aromatic carbocycles. The zero-order valence-corrected chi connectivity index (χ0v) is 17.9. The van der Waals surface area contributed by atoms with Crippen molar-refractivity contribution in [1.29, 1.82) is 0 Å². The molecule has 2 unspecified atom stereocenters. The lowest BCUT2D eigenvalue weighted by Crippen LogP contribution is -2.58. The quantitative estimate of drug-likeness (QED) is 0.659. The maximum Gasteiger partial charge on any atom is 0.303 e. The molecule has 0 radical (unpaired) electrons. The summed E-state index contributed by atoms with van der Waals surface area (Å²) >= 11 is 0. The zero-order chi connectivity index (χ0) is 20.3. The predicted octanol–water partition coefficient (Wildman–Crippen LogP) is 4.48. The maximum atomic E-state index is 11.2. The largest absolute Gasteiger partial charge is 0.481 e. The van der Waals surface area contributed by atoms with Gasteiger partial charge in [-0.05, 0) is 104 Å². The molecule has 4 nitrogen and oxygen atoms in total. The first-order chi connectivity index (χ1) is 13.2. The molecule has 0 bridgehead atoms. The molecule has 160 valence electrons. The summed E-state index contributed by atoms with van der Waals surface area (Å²) in [6, 6.07) is 0. The van der Waals surface area contributed by atoms with Gasteiger partial charge in [0.05, 0.1) is 12.2 Å². The van der Waals surface area contributed by atoms with E-state index in [1.165, 1.54) is 25.7 Å². The number of aliphatic hydroxyl groups excluding tert-OH is 2. The third-order valence-electron chi connectivity index (χ3n) is 10.2. The second kappa shape index (κ2) is 7.27. The number of carboxylic acids is 1. The van der Waals surface area contributed by atoms with E-state index in [1.807, 2.05) is 0 Å². The first-order valence-electron chi connectivity index (χ1n) is 11.7. The highest BCUT2D eigenvalue weighted by Gasteiger charge is 2.62. The van der Waals surface area contributed by atoms with Gasteiger partial charge in [-0.1, -0.05) is 20.8 Å². The summed E-state index contributed by atoms with van der Waals surface area (Å²) in [6.07, 6.45) is 9.19. The molecule has 3 N–H and O–H groups in total. The Hall–Kier alpha value is -0.610. The van der Waals surface area contributed by atoms with Crippen LogP contribution in [0.25, 0.3) is 0 Å². The number of aliphatic carboxylic acids is 1. The minimum absolute atomic E-state index is 0.179. The number of carboxylic acid groups (broad SMARTS) is 1. The molecule has 28 heavy (non-hydrogen) atoms. The molecule has 4 heteroatoms. The zero-order valence-electron chi connectivity index (χ0n) is 17.9. The van der Waals surface area contributed by atoms with Crippen molar-refractivity contribution in [1.82, 2.24) is 0 Å². The molecule has 0 amide bonds. The lowest BCUT2D eigenvalue weighted by Gasteiger charge is -2.62. The molecule has 0 aromatic rings. The van der Waals surface area contributed by atoms with Gasteiger partial charge >= 0.3 is 5.97 Å². The van der Waals surface area contributed by atoms with E-state index in [0.29, 0.717) is 35.5 Å². The van der Waals surface area contributed by atoms with Crippen molar-refractivity contribution in [3.05, 3.63) is 0 Å². The number of fused-ring (bicyclic) bond motifs is 5. The Balaban J connectivity index is 1.55. The Morgan fingerprint density at radius 1 is 1.00 bits per heavy atom. The van der Waals surface area contributed by atoms with E-state index in [1.54, 1.807) is 0 Å². The molecule has 4 saturated carbocycles. The summed E-state index contributed by atoms with van der Waals surface area (Å²) in [4.78, 5) is 11.1. The molecule has 4 aliphatic carbocycles. The van der Waals surface area contributed by atoms with Crippen LogP contribution in [-0.4, -0.2) is 33.5 Å². The van der Waals surface area contributed by atoms with Crippen molar-refractivity contribution in [3.8, 4) is 0 Å². The number of carbonyl (C=O) groups is 1. The van der Waals surface area contributed by atoms with Crippen LogP contribution in [0.2, 0.25) is 0 Å². The van der Waals surface area contributed by atoms with Gasteiger partial charge in [0.1, 0.15) is 0 Å². The predicted molar refractivity (Wildman–Crippen MR) is 109 cm³/mol. The van der Waals surface area contributed by atoms with E-state index in [0.717, 1.165) is 32.1 Å². The monoisotopic (exact) mass is 392 g/mol. The van der Waals surface area contributed by atoms with E-state index >= 15 is 0 Å². The van der Waals surface area contributed by atoms with Gasteiger partial charge < -0.3 is 15.3 Å².